The largest absolute Gasteiger partial charge is 0.397 e. The highest BCUT2D eigenvalue weighted by Crippen LogP contribution is 2.17. The van der Waals surface area contributed by atoms with E-state index in [1.165, 1.54) is 11.6 Å². The van der Waals surface area contributed by atoms with E-state index in [9.17, 15) is 4.79 Å². The van der Waals surface area contributed by atoms with E-state index >= 15 is 0 Å². The number of nitrogen functional groups attached to an aromatic ring is 1. The van der Waals surface area contributed by atoms with Crippen LogP contribution in [0.1, 0.15) is 30.9 Å². The van der Waals surface area contributed by atoms with Gasteiger partial charge in [0.05, 0.1) is 11.4 Å². The lowest BCUT2D eigenvalue weighted by Crippen LogP contribution is -2.09. The first-order valence-corrected chi connectivity index (χ1v) is 7.00. The van der Waals surface area contributed by atoms with Crippen molar-refractivity contribution in [1.29, 1.82) is 0 Å². The van der Waals surface area contributed by atoms with Gasteiger partial charge in [0.1, 0.15) is 0 Å². The van der Waals surface area contributed by atoms with Crippen molar-refractivity contribution in [3.8, 4) is 0 Å². The van der Waals surface area contributed by atoms with Crippen molar-refractivity contribution in [2.75, 3.05) is 11.1 Å². The molecule has 3 nitrogen and oxygen atoms in total. The van der Waals surface area contributed by atoms with Crippen molar-refractivity contribution in [3.05, 3.63) is 65.7 Å². The minimum absolute atomic E-state index is 0.194. The smallest absolute Gasteiger partial charge is 0.248 e. The molecular weight excluding hydrogens is 260 g/mol. The van der Waals surface area contributed by atoms with Crippen molar-refractivity contribution in [2.45, 2.75) is 19.8 Å². The summed E-state index contributed by atoms with van der Waals surface area (Å²) in [7, 11) is 0. The van der Waals surface area contributed by atoms with Gasteiger partial charge >= 0.3 is 0 Å². The first-order valence-electron chi connectivity index (χ1n) is 7.00. The summed E-state index contributed by atoms with van der Waals surface area (Å²) in [4.78, 5) is 11.9. The van der Waals surface area contributed by atoms with Gasteiger partial charge in [0, 0.05) is 6.08 Å². The summed E-state index contributed by atoms with van der Waals surface area (Å²) in [5.74, 6) is 0.313. The molecule has 108 valence electrons. The maximum Gasteiger partial charge on any atom is 0.248 e. The monoisotopic (exact) mass is 280 g/mol. The van der Waals surface area contributed by atoms with Crippen LogP contribution in [0, 0.1) is 0 Å². The van der Waals surface area contributed by atoms with Crippen LogP contribution in [-0.2, 0) is 4.79 Å². The van der Waals surface area contributed by atoms with Crippen molar-refractivity contribution in [3.63, 3.8) is 0 Å². The Hall–Kier alpha value is -2.55. The molecule has 0 aromatic heterocycles. The molecular formula is C18H20N2O. The molecule has 0 aliphatic rings. The van der Waals surface area contributed by atoms with Crippen molar-refractivity contribution in [1.82, 2.24) is 0 Å². The Morgan fingerprint density at radius 1 is 1.10 bits per heavy atom. The Balaban J connectivity index is 2.00. The van der Waals surface area contributed by atoms with Gasteiger partial charge in [0.2, 0.25) is 5.91 Å². The zero-order valence-electron chi connectivity index (χ0n) is 12.3. The Morgan fingerprint density at radius 3 is 2.38 bits per heavy atom. The molecule has 2 aromatic carbocycles. The lowest BCUT2D eigenvalue weighted by Gasteiger charge is -2.06. The van der Waals surface area contributed by atoms with E-state index in [-0.39, 0.29) is 5.91 Å². The van der Waals surface area contributed by atoms with Crippen LogP contribution in [0.4, 0.5) is 11.4 Å². The van der Waals surface area contributed by atoms with Gasteiger partial charge in [0.25, 0.3) is 0 Å². The van der Waals surface area contributed by atoms with E-state index in [2.05, 4.69) is 31.3 Å². The van der Waals surface area contributed by atoms with Gasteiger partial charge in [-0.1, -0.05) is 50.2 Å². The molecule has 0 atom stereocenters. The maximum absolute atomic E-state index is 11.9. The maximum atomic E-state index is 11.9. The zero-order valence-corrected chi connectivity index (χ0v) is 12.3. The second-order valence-corrected chi connectivity index (χ2v) is 5.23. The van der Waals surface area contributed by atoms with Gasteiger partial charge < -0.3 is 11.1 Å². The third kappa shape index (κ3) is 4.21. The Morgan fingerprint density at radius 2 is 1.76 bits per heavy atom. The molecule has 0 unspecified atom stereocenters. The van der Waals surface area contributed by atoms with E-state index in [1.54, 1.807) is 18.2 Å². The summed E-state index contributed by atoms with van der Waals surface area (Å²) in [6, 6.07) is 15.4. The summed E-state index contributed by atoms with van der Waals surface area (Å²) in [5, 5.41) is 2.76. The molecule has 21 heavy (non-hydrogen) atoms. The van der Waals surface area contributed by atoms with Gasteiger partial charge in [-0.05, 0) is 35.3 Å². The number of benzene rings is 2. The van der Waals surface area contributed by atoms with Crippen LogP contribution in [0.25, 0.3) is 6.08 Å². The number of carbonyl (C=O) groups is 1. The average molecular weight is 280 g/mol. The Kier molecular flexibility index (Phi) is 4.77. The van der Waals surface area contributed by atoms with Crippen LogP contribution < -0.4 is 11.1 Å². The number of carbonyl (C=O) groups excluding carboxylic acids is 1. The molecule has 0 aliphatic heterocycles. The molecule has 0 aliphatic carbocycles. The third-order valence-corrected chi connectivity index (χ3v) is 3.25. The molecule has 0 fully saturated rings. The lowest BCUT2D eigenvalue weighted by molar-refractivity contribution is -0.111. The summed E-state index contributed by atoms with van der Waals surface area (Å²) in [5.41, 5.74) is 9.25. The summed E-state index contributed by atoms with van der Waals surface area (Å²) in [6.07, 6.45) is 3.30. The predicted molar refractivity (Wildman–Crippen MR) is 89.0 cm³/mol. The SMILES string of the molecule is CC(C)c1ccc(/C=C/C(=O)Nc2ccccc2N)cc1. The fourth-order valence-corrected chi connectivity index (χ4v) is 1.95. The molecule has 3 heteroatoms. The Bertz CT molecular complexity index is 643. The second-order valence-electron chi connectivity index (χ2n) is 5.23. The number of rotatable bonds is 4. The Labute approximate surface area is 125 Å². The second kappa shape index (κ2) is 6.75. The number of amides is 1. The number of hydrogen-bond donors (Lipinski definition) is 2. The molecule has 0 saturated heterocycles. The van der Waals surface area contributed by atoms with Gasteiger partial charge in [0.15, 0.2) is 0 Å². The zero-order chi connectivity index (χ0) is 15.2. The third-order valence-electron chi connectivity index (χ3n) is 3.25. The molecule has 0 bridgehead atoms. The van der Waals surface area contributed by atoms with Gasteiger partial charge in [-0.2, -0.15) is 0 Å². The number of para-hydroxylation sites is 2. The minimum atomic E-state index is -0.194. The highest BCUT2D eigenvalue weighted by Gasteiger charge is 2.01. The van der Waals surface area contributed by atoms with E-state index < -0.39 is 0 Å². The molecule has 3 N–H and O–H groups in total. The summed E-state index contributed by atoms with van der Waals surface area (Å²) >= 11 is 0. The lowest BCUT2D eigenvalue weighted by atomic mass is 10.0. The molecule has 0 saturated carbocycles. The number of nitrogens with one attached hydrogen (secondary N) is 1. The first kappa shape index (κ1) is 14.9. The molecule has 0 radical (unpaired) electrons. The normalized spacial score (nSPS) is 11.0. The van der Waals surface area contributed by atoms with Crippen molar-refractivity contribution in [2.24, 2.45) is 0 Å². The fraction of sp³-hybridized carbons (Fsp3) is 0.167. The topological polar surface area (TPSA) is 55.1 Å². The average Bonchev–Trinajstić information content (AvgIpc) is 2.48. The number of nitrogens with two attached hydrogens (primary N) is 1. The first-order chi connectivity index (χ1) is 10.1. The molecule has 1 amide bonds. The molecule has 2 aromatic rings. The quantitative estimate of drug-likeness (QED) is 0.656. The molecule has 0 spiro atoms. The van der Waals surface area contributed by atoms with E-state index in [4.69, 9.17) is 5.73 Å². The summed E-state index contributed by atoms with van der Waals surface area (Å²) in [6.45, 7) is 4.31. The van der Waals surface area contributed by atoms with Gasteiger partial charge in [-0.25, -0.2) is 0 Å². The van der Waals surface area contributed by atoms with E-state index in [0.717, 1.165) is 5.56 Å². The van der Waals surface area contributed by atoms with Gasteiger partial charge in [-0.15, -0.1) is 0 Å². The predicted octanol–water partition coefficient (Wildman–Crippen LogP) is 4.04. The number of anilines is 2. The number of hydrogen-bond acceptors (Lipinski definition) is 2. The highest BCUT2D eigenvalue weighted by molar-refractivity contribution is 6.03. The van der Waals surface area contributed by atoms with Crippen molar-refractivity contribution >= 4 is 23.4 Å². The van der Waals surface area contributed by atoms with E-state index in [1.807, 2.05) is 24.3 Å². The van der Waals surface area contributed by atoms with E-state index in [0.29, 0.717) is 17.3 Å². The summed E-state index contributed by atoms with van der Waals surface area (Å²) < 4.78 is 0. The van der Waals surface area contributed by atoms with Crippen LogP contribution in [0.3, 0.4) is 0 Å². The van der Waals surface area contributed by atoms with Crippen molar-refractivity contribution < 1.29 is 4.79 Å². The molecule has 2 rings (SSSR count). The van der Waals surface area contributed by atoms with Crippen LogP contribution >= 0.6 is 0 Å². The fourth-order valence-electron chi connectivity index (χ4n) is 1.95. The van der Waals surface area contributed by atoms with Crippen LogP contribution in [-0.4, -0.2) is 5.91 Å². The standard InChI is InChI=1S/C18H20N2O/c1-13(2)15-10-7-14(8-11-15)9-12-18(21)20-17-6-4-3-5-16(17)19/h3-13H,19H2,1-2H3,(H,20,21)/b12-9+. The minimum Gasteiger partial charge on any atom is -0.397 e. The van der Waals surface area contributed by atoms with Crippen LogP contribution in [0.15, 0.2) is 54.6 Å². The highest BCUT2D eigenvalue weighted by atomic mass is 16.1. The molecule has 0 heterocycles. The van der Waals surface area contributed by atoms with Gasteiger partial charge in [-0.3, -0.25) is 4.79 Å². The van der Waals surface area contributed by atoms with Crippen LogP contribution in [0.5, 0.6) is 0 Å². The van der Waals surface area contributed by atoms with Crippen LogP contribution in [0.2, 0.25) is 0 Å².